The first kappa shape index (κ1) is 13.1. The molecular formula is C15H13ClOS. The minimum Gasteiger partial charge on any atom is -0.255 e. The van der Waals surface area contributed by atoms with Gasteiger partial charge in [-0.15, -0.1) is 0 Å². The van der Waals surface area contributed by atoms with E-state index in [-0.39, 0.29) is 0 Å². The van der Waals surface area contributed by atoms with Crippen LogP contribution in [0.3, 0.4) is 0 Å². The monoisotopic (exact) mass is 276 g/mol. The Morgan fingerprint density at radius 2 is 1.67 bits per heavy atom. The third-order valence-corrected chi connectivity index (χ3v) is 3.86. The van der Waals surface area contributed by atoms with Gasteiger partial charge in [-0.2, -0.15) is 0 Å². The fourth-order valence-corrected chi connectivity index (χ4v) is 2.66. The summed E-state index contributed by atoms with van der Waals surface area (Å²) < 4.78 is 11.9. The van der Waals surface area contributed by atoms with Crippen LogP contribution >= 0.6 is 11.6 Å². The molecule has 2 rings (SSSR count). The molecule has 1 unspecified atom stereocenters. The summed E-state index contributed by atoms with van der Waals surface area (Å²) in [6.45, 7) is 0. The van der Waals surface area contributed by atoms with Gasteiger partial charge in [-0.1, -0.05) is 60.1 Å². The maximum atomic E-state index is 11.9. The van der Waals surface area contributed by atoms with E-state index in [9.17, 15) is 4.21 Å². The SMILES string of the molecule is O=S(C=Cc1ccccc1Cl)Cc1ccccc1. The van der Waals surface area contributed by atoms with Crippen LogP contribution in [0.15, 0.2) is 60.0 Å². The molecule has 2 aromatic carbocycles. The highest BCUT2D eigenvalue weighted by Gasteiger charge is 1.98. The van der Waals surface area contributed by atoms with Crippen molar-refractivity contribution < 1.29 is 4.21 Å². The molecule has 0 aromatic heterocycles. The molecule has 0 N–H and O–H groups in total. The molecule has 0 spiro atoms. The van der Waals surface area contributed by atoms with E-state index in [0.29, 0.717) is 10.8 Å². The standard InChI is InChI=1S/C15H13ClOS/c16-15-9-5-4-8-14(15)10-11-18(17)12-13-6-2-1-3-7-13/h1-11H,12H2. The second-order valence-corrected chi connectivity index (χ2v) is 5.56. The number of hydrogen-bond donors (Lipinski definition) is 0. The molecule has 2 aromatic rings. The van der Waals surface area contributed by atoms with Gasteiger partial charge in [0.25, 0.3) is 0 Å². The first-order valence-electron chi connectivity index (χ1n) is 5.59. The van der Waals surface area contributed by atoms with E-state index in [1.165, 1.54) is 0 Å². The van der Waals surface area contributed by atoms with E-state index in [4.69, 9.17) is 11.6 Å². The molecule has 0 amide bonds. The van der Waals surface area contributed by atoms with Crippen LogP contribution in [0.5, 0.6) is 0 Å². The highest BCUT2D eigenvalue weighted by atomic mass is 35.5. The lowest BCUT2D eigenvalue weighted by Gasteiger charge is -1.98. The fourth-order valence-electron chi connectivity index (χ4n) is 1.55. The fraction of sp³-hybridized carbons (Fsp3) is 0.0667. The van der Waals surface area contributed by atoms with E-state index in [2.05, 4.69) is 0 Å². The quantitative estimate of drug-likeness (QED) is 0.815. The van der Waals surface area contributed by atoms with E-state index < -0.39 is 10.8 Å². The van der Waals surface area contributed by atoms with Gasteiger partial charge in [-0.25, -0.2) is 0 Å². The molecular weight excluding hydrogens is 264 g/mol. The van der Waals surface area contributed by atoms with Crippen molar-refractivity contribution in [3.8, 4) is 0 Å². The van der Waals surface area contributed by atoms with Gasteiger partial charge in [0.1, 0.15) is 0 Å². The Kier molecular flexibility index (Phi) is 4.73. The normalized spacial score (nSPS) is 12.7. The highest BCUT2D eigenvalue weighted by molar-refractivity contribution is 7.87. The van der Waals surface area contributed by atoms with Gasteiger partial charge in [0.2, 0.25) is 0 Å². The molecule has 0 bridgehead atoms. The zero-order valence-electron chi connectivity index (χ0n) is 9.75. The predicted octanol–water partition coefficient (Wildman–Crippen LogP) is 4.26. The lowest BCUT2D eigenvalue weighted by molar-refractivity contribution is 0.688. The van der Waals surface area contributed by atoms with Crippen LogP contribution < -0.4 is 0 Å². The molecule has 0 aliphatic carbocycles. The summed E-state index contributed by atoms with van der Waals surface area (Å²) in [5.41, 5.74) is 1.96. The molecule has 1 atom stereocenters. The summed E-state index contributed by atoms with van der Waals surface area (Å²) in [6, 6.07) is 17.3. The van der Waals surface area contributed by atoms with Gasteiger partial charge in [0, 0.05) is 10.4 Å². The van der Waals surface area contributed by atoms with Crippen LogP contribution in [0.4, 0.5) is 0 Å². The van der Waals surface area contributed by atoms with Crippen molar-refractivity contribution in [2.24, 2.45) is 0 Å². The van der Waals surface area contributed by atoms with Crippen LogP contribution in [-0.4, -0.2) is 4.21 Å². The van der Waals surface area contributed by atoms with E-state index in [1.54, 1.807) is 11.5 Å². The smallest absolute Gasteiger partial charge is 0.0526 e. The van der Waals surface area contributed by atoms with E-state index in [1.807, 2.05) is 54.6 Å². The van der Waals surface area contributed by atoms with Crippen molar-refractivity contribution in [1.29, 1.82) is 0 Å². The van der Waals surface area contributed by atoms with Gasteiger partial charge in [-0.3, -0.25) is 4.21 Å². The zero-order valence-corrected chi connectivity index (χ0v) is 11.3. The Morgan fingerprint density at radius 3 is 2.39 bits per heavy atom. The number of rotatable bonds is 4. The summed E-state index contributed by atoms with van der Waals surface area (Å²) in [5.74, 6) is 0.530. The molecule has 18 heavy (non-hydrogen) atoms. The molecule has 1 nitrogen and oxygen atoms in total. The third-order valence-electron chi connectivity index (χ3n) is 2.46. The first-order chi connectivity index (χ1) is 8.75. The van der Waals surface area contributed by atoms with Crippen LogP contribution in [0.2, 0.25) is 5.02 Å². The maximum absolute atomic E-state index is 11.9. The van der Waals surface area contributed by atoms with E-state index in [0.717, 1.165) is 11.1 Å². The summed E-state index contributed by atoms with van der Waals surface area (Å²) in [7, 11) is -1.02. The first-order valence-corrected chi connectivity index (χ1v) is 7.35. The largest absolute Gasteiger partial charge is 0.255 e. The van der Waals surface area contributed by atoms with Crippen molar-refractivity contribution in [2.75, 3.05) is 0 Å². The van der Waals surface area contributed by atoms with Gasteiger partial charge in [0.15, 0.2) is 0 Å². The second-order valence-electron chi connectivity index (χ2n) is 3.83. The molecule has 0 aliphatic heterocycles. The Morgan fingerprint density at radius 1 is 1.00 bits per heavy atom. The predicted molar refractivity (Wildman–Crippen MR) is 78.8 cm³/mol. The molecule has 0 radical (unpaired) electrons. The van der Waals surface area contributed by atoms with Crippen molar-refractivity contribution in [1.82, 2.24) is 0 Å². The van der Waals surface area contributed by atoms with Gasteiger partial charge >= 0.3 is 0 Å². The Balaban J connectivity index is 2.02. The average Bonchev–Trinajstić information content (AvgIpc) is 2.39. The molecule has 0 fully saturated rings. The summed E-state index contributed by atoms with van der Waals surface area (Å²) in [5, 5.41) is 2.36. The van der Waals surface area contributed by atoms with Gasteiger partial charge in [0.05, 0.1) is 16.6 Å². The molecule has 0 aliphatic rings. The lowest BCUT2D eigenvalue weighted by atomic mass is 10.2. The molecule has 0 heterocycles. The summed E-state index contributed by atoms with van der Waals surface area (Å²) >= 11 is 6.02. The molecule has 0 saturated heterocycles. The second kappa shape index (κ2) is 6.53. The van der Waals surface area contributed by atoms with Crippen LogP contribution in [0.25, 0.3) is 6.08 Å². The third kappa shape index (κ3) is 3.83. The number of hydrogen-bond acceptors (Lipinski definition) is 1. The minimum absolute atomic E-state index is 0.530. The summed E-state index contributed by atoms with van der Waals surface area (Å²) in [6.07, 6.45) is 1.81. The van der Waals surface area contributed by atoms with Gasteiger partial charge < -0.3 is 0 Å². The number of benzene rings is 2. The van der Waals surface area contributed by atoms with Crippen molar-refractivity contribution >= 4 is 28.5 Å². The highest BCUT2D eigenvalue weighted by Crippen LogP contribution is 2.16. The molecule has 92 valence electrons. The van der Waals surface area contributed by atoms with Crippen LogP contribution in [0.1, 0.15) is 11.1 Å². The number of halogens is 1. The average molecular weight is 277 g/mol. The molecule has 3 heteroatoms. The van der Waals surface area contributed by atoms with Crippen molar-refractivity contribution in [3.63, 3.8) is 0 Å². The Labute approximate surface area is 115 Å². The topological polar surface area (TPSA) is 17.1 Å². The van der Waals surface area contributed by atoms with Crippen LogP contribution in [0, 0.1) is 0 Å². The van der Waals surface area contributed by atoms with Gasteiger partial charge in [-0.05, 0) is 23.3 Å². The van der Waals surface area contributed by atoms with Crippen molar-refractivity contribution in [3.05, 3.63) is 76.2 Å². The minimum atomic E-state index is -1.02. The van der Waals surface area contributed by atoms with Crippen molar-refractivity contribution in [2.45, 2.75) is 5.75 Å². The summed E-state index contributed by atoms with van der Waals surface area (Å²) in [4.78, 5) is 0. The maximum Gasteiger partial charge on any atom is 0.0526 e. The van der Waals surface area contributed by atoms with Crippen LogP contribution in [-0.2, 0) is 16.6 Å². The Bertz CT molecular complexity index is 564. The lowest BCUT2D eigenvalue weighted by Crippen LogP contribution is -1.90. The Hall–Kier alpha value is -1.38. The molecule has 0 saturated carbocycles. The van der Waals surface area contributed by atoms with E-state index >= 15 is 0 Å². The zero-order chi connectivity index (χ0) is 12.8.